The summed E-state index contributed by atoms with van der Waals surface area (Å²) in [6, 6.07) is 22.4. The maximum atomic E-state index is 12.2. The molecule has 32 heavy (non-hydrogen) atoms. The molecule has 0 aliphatic carbocycles. The lowest BCUT2D eigenvalue weighted by atomic mass is 10.2. The minimum atomic E-state index is -0.159. The van der Waals surface area contributed by atoms with Gasteiger partial charge in [-0.2, -0.15) is 0 Å². The van der Waals surface area contributed by atoms with Gasteiger partial charge in [0.2, 0.25) is 11.8 Å². The van der Waals surface area contributed by atoms with Crippen molar-refractivity contribution in [3.8, 4) is 11.5 Å². The van der Waals surface area contributed by atoms with Crippen molar-refractivity contribution in [1.29, 1.82) is 0 Å². The fourth-order valence-corrected chi connectivity index (χ4v) is 3.07. The Kier molecular flexibility index (Phi) is 8.26. The summed E-state index contributed by atoms with van der Waals surface area (Å²) in [7, 11) is 0. The Morgan fingerprint density at radius 2 is 1.09 bits per heavy atom. The van der Waals surface area contributed by atoms with Gasteiger partial charge in [0.1, 0.15) is 11.5 Å². The molecule has 166 valence electrons. The van der Waals surface area contributed by atoms with Crippen molar-refractivity contribution in [2.45, 2.75) is 26.7 Å². The van der Waals surface area contributed by atoms with Gasteiger partial charge < -0.3 is 20.1 Å². The van der Waals surface area contributed by atoms with Crippen molar-refractivity contribution < 1.29 is 19.1 Å². The average Bonchev–Trinajstić information content (AvgIpc) is 2.77. The first-order valence-electron chi connectivity index (χ1n) is 10.6. The average molecular weight is 433 g/mol. The minimum absolute atomic E-state index is 0.159. The molecule has 2 amide bonds. The summed E-state index contributed by atoms with van der Waals surface area (Å²) in [5, 5.41) is 5.66. The molecule has 0 atom stereocenters. The van der Waals surface area contributed by atoms with Crippen LogP contribution in [0.4, 0.5) is 11.4 Å². The summed E-state index contributed by atoms with van der Waals surface area (Å²) in [4.78, 5) is 24.5. The molecule has 0 aliphatic heterocycles. The van der Waals surface area contributed by atoms with E-state index in [4.69, 9.17) is 9.47 Å². The second kappa shape index (κ2) is 11.6. The molecule has 6 nitrogen and oxygen atoms in total. The van der Waals surface area contributed by atoms with Gasteiger partial charge in [-0.15, -0.1) is 0 Å². The molecule has 0 unspecified atom stereocenters. The van der Waals surface area contributed by atoms with Crippen molar-refractivity contribution in [3.63, 3.8) is 0 Å². The quantitative estimate of drug-likeness (QED) is 0.466. The second-order valence-corrected chi connectivity index (χ2v) is 7.41. The van der Waals surface area contributed by atoms with Gasteiger partial charge in [0.25, 0.3) is 0 Å². The van der Waals surface area contributed by atoms with Crippen LogP contribution in [0.3, 0.4) is 0 Å². The van der Waals surface area contributed by atoms with E-state index in [1.54, 1.807) is 24.3 Å². The predicted molar refractivity (Wildman–Crippen MR) is 126 cm³/mol. The zero-order valence-corrected chi connectivity index (χ0v) is 18.4. The highest BCUT2D eigenvalue weighted by Crippen LogP contribution is 2.18. The van der Waals surface area contributed by atoms with E-state index in [1.165, 1.54) is 0 Å². The molecule has 0 spiro atoms. The van der Waals surface area contributed by atoms with Gasteiger partial charge in [0.15, 0.2) is 0 Å². The zero-order chi connectivity index (χ0) is 22.8. The summed E-state index contributed by atoms with van der Waals surface area (Å²) in [6.07, 6.45) is 0.447. The maximum absolute atomic E-state index is 12.2. The summed E-state index contributed by atoms with van der Waals surface area (Å²) in [6.45, 7) is 4.50. The molecule has 0 fully saturated rings. The van der Waals surface area contributed by atoms with Gasteiger partial charge in [-0.05, 0) is 55.3 Å². The van der Waals surface area contributed by atoms with Gasteiger partial charge in [-0.1, -0.05) is 42.5 Å². The lowest BCUT2D eigenvalue weighted by Gasteiger charge is -2.11. The first-order valence-corrected chi connectivity index (χ1v) is 10.6. The first kappa shape index (κ1) is 22.9. The van der Waals surface area contributed by atoms with Crippen LogP contribution in [-0.4, -0.2) is 25.0 Å². The Hall–Kier alpha value is -3.80. The standard InChI is InChI=1S/C26H28N2O4/c1-19-8-3-5-12-23(19)31-16-14-25(29)27-21-10-7-11-22(18-21)28-26(30)15-17-32-24-13-6-4-9-20(24)2/h3-13,18H,14-17H2,1-2H3,(H,27,29)(H,28,30). The highest BCUT2D eigenvalue weighted by atomic mass is 16.5. The third kappa shape index (κ3) is 7.16. The van der Waals surface area contributed by atoms with Crippen LogP contribution in [0.25, 0.3) is 0 Å². The number of carbonyl (C=O) groups excluding carboxylic acids is 2. The summed E-state index contributed by atoms with van der Waals surface area (Å²) in [5.74, 6) is 1.23. The van der Waals surface area contributed by atoms with Gasteiger partial charge in [-0.3, -0.25) is 9.59 Å². The lowest BCUT2D eigenvalue weighted by molar-refractivity contribution is -0.117. The van der Waals surface area contributed by atoms with Crippen LogP contribution < -0.4 is 20.1 Å². The molecular weight excluding hydrogens is 404 g/mol. The maximum Gasteiger partial charge on any atom is 0.227 e. The molecular formula is C26H28N2O4. The number of amides is 2. The summed E-state index contributed by atoms with van der Waals surface area (Å²) in [5.41, 5.74) is 3.28. The number of nitrogens with one attached hydrogen (secondary N) is 2. The highest BCUT2D eigenvalue weighted by molar-refractivity contribution is 5.94. The molecule has 0 heterocycles. The Morgan fingerprint density at radius 3 is 1.53 bits per heavy atom. The number of carbonyl (C=O) groups is 2. The first-order chi connectivity index (χ1) is 15.5. The van der Waals surface area contributed by atoms with Gasteiger partial charge >= 0.3 is 0 Å². The third-order valence-corrected chi connectivity index (χ3v) is 4.79. The van der Waals surface area contributed by atoms with Crippen LogP contribution in [0.5, 0.6) is 11.5 Å². The Balaban J connectivity index is 1.42. The molecule has 0 radical (unpaired) electrons. The van der Waals surface area contributed by atoms with Crippen LogP contribution >= 0.6 is 0 Å². The van der Waals surface area contributed by atoms with Crippen molar-refractivity contribution in [3.05, 3.63) is 83.9 Å². The van der Waals surface area contributed by atoms with Gasteiger partial charge in [0, 0.05) is 11.4 Å². The van der Waals surface area contributed by atoms with E-state index in [0.717, 1.165) is 22.6 Å². The Morgan fingerprint density at radius 1 is 0.656 bits per heavy atom. The van der Waals surface area contributed by atoms with Crippen molar-refractivity contribution in [2.75, 3.05) is 23.8 Å². The SMILES string of the molecule is Cc1ccccc1OCCC(=O)Nc1cccc(NC(=O)CCOc2ccccc2C)c1. The highest BCUT2D eigenvalue weighted by Gasteiger charge is 2.07. The van der Waals surface area contributed by atoms with E-state index < -0.39 is 0 Å². The van der Waals surface area contributed by atoms with E-state index in [1.807, 2.05) is 62.4 Å². The second-order valence-electron chi connectivity index (χ2n) is 7.41. The fourth-order valence-electron chi connectivity index (χ4n) is 3.07. The Labute approximate surface area is 188 Å². The summed E-state index contributed by atoms with van der Waals surface area (Å²) < 4.78 is 11.3. The number of para-hydroxylation sites is 2. The number of hydrogen-bond acceptors (Lipinski definition) is 4. The van der Waals surface area contributed by atoms with Crippen LogP contribution in [0, 0.1) is 13.8 Å². The minimum Gasteiger partial charge on any atom is -0.493 e. The van der Waals surface area contributed by atoms with Crippen LogP contribution in [0.2, 0.25) is 0 Å². The predicted octanol–water partition coefficient (Wildman–Crippen LogP) is 5.12. The van der Waals surface area contributed by atoms with Crippen molar-refractivity contribution in [1.82, 2.24) is 0 Å². The number of ether oxygens (including phenoxy) is 2. The molecule has 0 saturated heterocycles. The molecule has 2 N–H and O–H groups in total. The number of anilines is 2. The van der Waals surface area contributed by atoms with Crippen molar-refractivity contribution >= 4 is 23.2 Å². The molecule has 3 rings (SSSR count). The molecule has 0 bridgehead atoms. The topological polar surface area (TPSA) is 76.7 Å². The normalized spacial score (nSPS) is 10.3. The van der Waals surface area contributed by atoms with Crippen molar-refractivity contribution in [2.24, 2.45) is 0 Å². The Bertz CT molecular complexity index is 984. The molecule has 3 aromatic carbocycles. The number of rotatable bonds is 10. The molecule has 3 aromatic rings. The third-order valence-electron chi connectivity index (χ3n) is 4.79. The van der Waals surface area contributed by atoms with Crippen LogP contribution in [0.1, 0.15) is 24.0 Å². The van der Waals surface area contributed by atoms with E-state index in [9.17, 15) is 9.59 Å². The van der Waals surface area contributed by atoms with E-state index in [2.05, 4.69) is 10.6 Å². The number of benzene rings is 3. The smallest absolute Gasteiger partial charge is 0.227 e. The van der Waals surface area contributed by atoms with Gasteiger partial charge in [-0.25, -0.2) is 0 Å². The van der Waals surface area contributed by atoms with Gasteiger partial charge in [0.05, 0.1) is 26.1 Å². The largest absolute Gasteiger partial charge is 0.493 e. The molecule has 6 heteroatoms. The number of hydrogen-bond donors (Lipinski definition) is 2. The lowest BCUT2D eigenvalue weighted by Crippen LogP contribution is -2.17. The van der Waals surface area contributed by atoms with E-state index >= 15 is 0 Å². The van der Waals surface area contributed by atoms with E-state index in [-0.39, 0.29) is 37.9 Å². The zero-order valence-electron chi connectivity index (χ0n) is 18.4. The molecule has 0 saturated carbocycles. The fraction of sp³-hybridized carbons (Fsp3) is 0.231. The summed E-state index contributed by atoms with van der Waals surface area (Å²) >= 11 is 0. The number of aryl methyl sites for hydroxylation is 2. The molecule has 0 aromatic heterocycles. The van der Waals surface area contributed by atoms with Crippen LogP contribution in [0.15, 0.2) is 72.8 Å². The van der Waals surface area contributed by atoms with E-state index in [0.29, 0.717) is 11.4 Å². The van der Waals surface area contributed by atoms with Crippen LogP contribution in [-0.2, 0) is 9.59 Å². The monoisotopic (exact) mass is 432 g/mol. The molecule has 0 aliphatic rings.